The van der Waals surface area contributed by atoms with E-state index in [-0.39, 0.29) is 5.91 Å². The van der Waals surface area contributed by atoms with Gasteiger partial charge in [-0.2, -0.15) is 4.39 Å². The summed E-state index contributed by atoms with van der Waals surface area (Å²) < 4.78 is 13.1. The molecule has 3 nitrogen and oxygen atoms in total. The fourth-order valence-corrected chi connectivity index (χ4v) is 1.86. The molecule has 0 aliphatic heterocycles. The van der Waals surface area contributed by atoms with Gasteiger partial charge in [-0.1, -0.05) is 27.7 Å². The van der Waals surface area contributed by atoms with Gasteiger partial charge in [-0.3, -0.25) is 4.79 Å². The summed E-state index contributed by atoms with van der Waals surface area (Å²) in [5, 5.41) is 0. The van der Waals surface area contributed by atoms with Crippen molar-refractivity contribution in [3.05, 3.63) is 29.8 Å². The quantitative estimate of drug-likeness (QED) is 0.713. The van der Waals surface area contributed by atoms with Crippen molar-refractivity contribution in [1.82, 2.24) is 9.88 Å². The van der Waals surface area contributed by atoms with E-state index in [0.29, 0.717) is 30.5 Å². The first kappa shape index (κ1) is 16.6. The number of carbonyl (C=O) groups excluding carboxylic acids is 1. The van der Waals surface area contributed by atoms with Crippen LogP contribution in [0, 0.1) is 17.8 Å². The second-order valence-electron chi connectivity index (χ2n) is 6.02. The summed E-state index contributed by atoms with van der Waals surface area (Å²) >= 11 is 0. The molecule has 0 saturated heterocycles. The monoisotopic (exact) mass is 280 g/mol. The van der Waals surface area contributed by atoms with Crippen molar-refractivity contribution in [3.8, 4) is 0 Å². The van der Waals surface area contributed by atoms with E-state index in [1.165, 1.54) is 12.3 Å². The Morgan fingerprint density at radius 1 is 1.20 bits per heavy atom. The minimum atomic E-state index is -0.608. The maximum Gasteiger partial charge on any atom is 0.254 e. The first-order valence-electron chi connectivity index (χ1n) is 7.31. The van der Waals surface area contributed by atoms with Crippen molar-refractivity contribution in [3.63, 3.8) is 0 Å². The molecule has 1 rings (SSSR count). The Morgan fingerprint density at radius 2 is 1.75 bits per heavy atom. The Morgan fingerprint density at radius 3 is 2.20 bits per heavy atom. The van der Waals surface area contributed by atoms with Gasteiger partial charge in [-0.15, -0.1) is 0 Å². The Hall–Kier alpha value is -1.45. The maximum absolute atomic E-state index is 13.1. The summed E-state index contributed by atoms with van der Waals surface area (Å²) in [6, 6.07) is 2.78. The van der Waals surface area contributed by atoms with Crippen LogP contribution in [-0.2, 0) is 0 Å². The first-order chi connectivity index (χ1) is 9.40. The third kappa shape index (κ3) is 5.68. The zero-order valence-electron chi connectivity index (χ0n) is 12.9. The molecule has 112 valence electrons. The van der Waals surface area contributed by atoms with Crippen LogP contribution in [0.4, 0.5) is 4.39 Å². The van der Waals surface area contributed by atoms with E-state index < -0.39 is 5.95 Å². The lowest BCUT2D eigenvalue weighted by Crippen LogP contribution is -2.34. The van der Waals surface area contributed by atoms with Gasteiger partial charge in [0.15, 0.2) is 0 Å². The molecule has 0 radical (unpaired) electrons. The van der Waals surface area contributed by atoms with E-state index in [1.807, 2.05) is 4.90 Å². The van der Waals surface area contributed by atoms with Crippen LogP contribution >= 0.6 is 0 Å². The number of aromatic nitrogens is 1. The summed E-state index contributed by atoms with van der Waals surface area (Å²) in [5.74, 6) is 0.369. The van der Waals surface area contributed by atoms with Gasteiger partial charge in [0.2, 0.25) is 5.95 Å². The predicted octanol–water partition coefficient (Wildman–Crippen LogP) is 3.76. The molecule has 20 heavy (non-hydrogen) atoms. The second-order valence-corrected chi connectivity index (χ2v) is 6.02. The van der Waals surface area contributed by atoms with Gasteiger partial charge < -0.3 is 4.90 Å². The molecule has 0 saturated carbocycles. The Kier molecular flexibility index (Phi) is 6.62. The average Bonchev–Trinajstić information content (AvgIpc) is 2.37. The summed E-state index contributed by atoms with van der Waals surface area (Å²) in [7, 11) is 0. The first-order valence-corrected chi connectivity index (χ1v) is 7.31. The molecule has 1 aromatic rings. The van der Waals surface area contributed by atoms with Crippen molar-refractivity contribution < 1.29 is 9.18 Å². The molecule has 0 spiro atoms. The van der Waals surface area contributed by atoms with E-state index in [2.05, 4.69) is 32.7 Å². The number of nitrogens with zero attached hydrogens (tertiary/aromatic N) is 2. The number of carbonyl (C=O) groups is 1. The highest BCUT2D eigenvalue weighted by molar-refractivity contribution is 5.94. The van der Waals surface area contributed by atoms with Gasteiger partial charge >= 0.3 is 0 Å². The molecule has 0 aromatic carbocycles. The van der Waals surface area contributed by atoms with E-state index >= 15 is 0 Å². The molecule has 1 amide bonds. The summed E-state index contributed by atoms with van der Waals surface area (Å²) in [4.78, 5) is 17.8. The fourth-order valence-electron chi connectivity index (χ4n) is 1.86. The van der Waals surface area contributed by atoms with Crippen LogP contribution in [0.2, 0.25) is 0 Å². The Labute approximate surface area is 121 Å². The van der Waals surface area contributed by atoms with Crippen molar-refractivity contribution in [2.24, 2.45) is 11.8 Å². The van der Waals surface area contributed by atoms with Crippen LogP contribution in [0.15, 0.2) is 18.3 Å². The van der Waals surface area contributed by atoms with Crippen LogP contribution in [0.1, 0.15) is 50.9 Å². The smallest absolute Gasteiger partial charge is 0.254 e. The summed E-state index contributed by atoms with van der Waals surface area (Å²) in [5.41, 5.74) is 0.380. The molecule has 0 bridgehead atoms. The van der Waals surface area contributed by atoms with Gasteiger partial charge in [0.1, 0.15) is 0 Å². The molecule has 0 N–H and O–H groups in total. The van der Waals surface area contributed by atoms with Gasteiger partial charge in [0.05, 0.1) is 0 Å². The minimum Gasteiger partial charge on any atom is -0.339 e. The highest BCUT2D eigenvalue weighted by atomic mass is 19.1. The van der Waals surface area contributed by atoms with Crippen molar-refractivity contribution >= 4 is 5.91 Å². The molecule has 4 heteroatoms. The number of rotatable bonds is 7. The van der Waals surface area contributed by atoms with Crippen LogP contribution < -0.4 is 0 Å². The molecule has 0 fully saturated rings. The van der Waals surface area contributed by atoms with Crippen molar-refractivity contribution in [1.29, 1.82) is 0 Å². The molecule has 0 aliphatic rings. The fraction of sp³-hybridized carbons (Fsp3) is 0.625. The third-order valence-corrected chi connectivity index (χ3v) is 3.21. The van der Waals surface area contributed by atoms with Crippen LogP contribution in [0.25, 0.3) is 0 Å². The Bertz CT molecular complexity index is 420. The minimum absolute atomic E-state index is 0.104. The van der Waals surface area contributed by atoms with Gasteiger partial charge in [-0.05, 0) is 30.7 Å². The lowest BCUT2D eigenvalue weighted by Gasteiger charge is -2.24. The predicted molar refractivity (Wildman–Crippen MR) is 79.0 cm³/mol. The molecule has 1 aromatic heterocycles. The van der Waals surface area contributed by atoms with Crippen LogP contribution in [0.5, 0.6) is 0 Å². The maximum atomic E-state index is 13.1. The highest BCUT2D eigenvalue weighted by Gasteiger charge is 2.17. The number of hydrogen-bond donors (Lipinski definition) is 0. The van der Waals surface area contributed by atoms with Crippen LogP contribution in [0.3, 0.4) is 0 Å². The second kappa shape index (κ2) is 7.98. The van der Waals surface area contributed by atoms with E-state index in [4.69, 9.17) is 0 Å². The van der Waals surface area contributed by atoms with Gasteiger partial charge in [0.25, 0.3) is 5.91 Å². The van der Waals surface area contributed by atoms with E-state index in [0.717, 1.165) is 12.8 Å². The number of hydrogen-bond acceptors (Lipinski definition) is 2. The molecule has 0 unspecified atom stereocenters. The molecular formula is C16H25FN2O. The third-order valence-electron chi connectivity index (χ3n) is 3.21. The van der Waals surface area contributed by atoms with Crippen molar-refractivity contribution in [2.45, 2.75) is 40.5 Å². The zero-order valence-corrected chi connectivity index (χ0v) is 12.9. The molecule has 1 heterocycles. The number of amides is 1. The highest BCUT2D eigenvalue weighted by Crippen LogP contribution is 2.11. The molecule has 0 aliphatic carbocycles. The lowest BCUT2D eigenvalue weighted by atomic mass is 10.1. The molecular weight excluding hydrogens is 255 g/mol. The summed E-state index contributed by atoms with van der Waals surface area (Å²) in [6.07, 6.45) is 3.25. The Balaban J connectivity index is 2.76. The largest absolute Gasteiger partial charge is 0.339 e. The SMILES string of the molecule is CC(C)CCN(CCC(C)C)C(=O)c1ccnc(F)c1. The van der Waals surface area contributed by atoms with Crippen LogP contribution in [-0.4, -0.2) is 28.9 Å². The van der Waals surface area contributed by atoms with Crippen molar-refractivity contribution in [2.75, 3.05) is 13.1 Å². The van der Waals surface area contributed by atoms with Gasteiger partial charge in [0, 0.05) is 30.9 Å². The average molecular weight is 280 g/mol. The van der Waals surface area contributed by atoms with Gasteiger partial charge in [-0.25, -0.2) is 4.98 Å². The standard InChI is InChI=1S/C16H25FN2O/c1-12(2)6-9-19(10-7-13(3)4)16(20)14-5-8-18-15(17)11-14/h5,8,11-13H,6-7,9-10H2,1-4H3. The lowest BCUT2D eigenvalue weighted by molar-refractivity contribution is 0.0740. The number of pyridine rings is 1. The normalized spacial score (nSPS) is 11.2. The topological polar surface area (TPSA) is 33.2 Å². The summed E-state index contributed by atoms with van der Waals surface area (Å²) in [6.45, 7) is 9.98. The molecule has 0 atom stereocenters. The van der Waals surface area contributed by atoms with E-state index in [9.17, 15) is 9.18 Å². The number of halogens is 1. The zero-order chi connectivity index (χ0) is 15.1. The van der Waals surface area contributed by atoms with E-state index in [1.54, 1.807) is 6.07 Å².